The molecule has 1 fully saturated rings. The van der Waals surface area contributed by atoms with Crippen molar-refractivity contribution in [1.29, 1.82) is 0 Å². The molecule has 56 valence electrons. The second-order valence-electron chi connectivity index (χ2n) is 2.84. The first-order chi connectivity index (χ1) is 4.74. The summed E-state index contributed by atoms with van der Waals surface area (Å²) in [6, 6.07) is 0. The molecule has 0 aromatic rings. The molecular formula is C9H14O. The number of ether oxygens (including phenoxy) is 1. The molecule has 1 aliphatic rings. The Morgan fingerprint density at radius 2 is 2.10 bits per heavy atom. The van der Waals surface area contributed by atoms with Crippen LogP contribution in [0.4, 0.5) is 0 Å². The predicted molar refractivity (Wildman–Crippen MR) is 42.9 cm³/mol. The van der Waals surface area contributed by atoms with Crippen LogP contribution in [0.1, 0.15) is 19.3 Å². The van der Waals surface area contributed by atoms with E-state index in [1.807, 2.05) is 0 Å². The van der Waals surface area contributed by atoms with Crippen molar-refractivity contribution in [2.75, 3.05) is 7.11 Å². The molecule has 0 aromatic heterocycles. The van der Waals surface area contributed by atoms with Crippen LogP contribution in [-0.2, 0) is 4.74 Å². The third-order valence-corrected chi connectivity index (χ3v) is 2.01. The molecule has 1 nitrogen and oxygen atoms in total. The summed E-state index contributed by atoms with van der Waals surface area (Å²) < 4.78 is 5.21. The lowest BCUT2D eigenvalue weighted by atomic mass is 9.90. The van der Waals surface area contributed by atoms with Crippen molar-refractivity contribution < 1.29 is 4.74 Å². The van der Waals surface area contributed by atoms with E-state index in [4.69, 9.17) is 4.74 Å². The van der Waals surface area contributed by atoms with Gasteiger partial charge >= 0.3 is 0 Å². The molecular weight excluding hydrogens is 124 g/mol. The van der Waals surface area contributed by atoms with Gasteiger partial charge in [-0.2, -0.15) is 0 Å². The Bertz CT molecular complexity index is 158. The van der Waals surface area contributed by atoms with Crippen molar-refractivity contribution in [1.82, 2.24) is 0 Å². The van der Waals surface area contributed by atoms with E-state index >= 15 is 0 Å². The zero-order valence-corrected chi connectivity index (χ0v) is 6.52. The highest BCUT2D eigenvalue weighted by atomic mass is 16.5. The summed E-state index contributed by atoms with van der Waals surface area (Å²) in [7, 11) is 1.73. The highest BCUT2D eigenvalue weighted by molar-refractivity contribution is 5.16. The lowest BCUT2D eigenvalue weighted by molar-refractivity contribution is 0.123. The fourth-order valence-corrected chi connectivity index (χ4v) is 1.26. The predicted octanol–water partition coefficient (Wildman–Crippen LogP) is 2.30. The monoisotopic (exact) mass is 138 g/mol. The molecule has 0 aliphatic heterocycles. The molecule has 1 heteroatoms. The Kier molecular flexibility index (Phi) is 2.28. The number of rotatable bonds is 1. The molecule has 1 unspecified atom stereocenters. The van der Waals surface area contributed by atoms with Crippen molar-refractivity contribution in [3.8, 4) is 0 Å². The normalized spacial score (nSPS) is 27.1. The van der Waals surface area contributed by atoms with Crippen LogP contribution >= 0.6 is 0 Å². The zero-order valence-electron chi connectivity index (χ0n) is 6.52. The van der Waals surface area contributed by atoms with Gasteiger partial charge in [0.05, 0.1) is 6.10 Å². The van der Waals surface area contributed by atoms with Gasteiger partial charge in [-0.3, -0.25) is 0 Å². The van der Waals surface area contributed by atoms with E-state index in [2.05, 4.69) is 13.2 Å². The van der Waals surface area contributed by atoms with Crippen molar-refractivity contribution in [2.45, 2.75) is 25.4 Å². The van der Waals surface area contributed by atoms with Crippen molar-refractivity contribution >= 4 is 0 Å². The first kappa shape index (κ1) is 7.55. The van der Waals surface area contributed by atoms with E-state index < -0.39 is 0 Å². The minimum Gasteiger partial charge on any atom is -0.377 e. The largest absolute Gasteiger partial charge is 0.377 e. The summed E-state index contributed by atoms with van der Waals surface area (Å²) in [6.07, 6.45) is 3.35. The van der Waals surface area contributed by atoms with E-state index in [-0.39, 0.29) is 6.10 Å². The average molecular weight is 138 g/mol. The lowest BCUT2D eigenvalue weighted by Crippen LogP contribution is -2.18. The summed E-state index contributed by atoms with van der Waals surface area (Å²) >= 11 is 0. The van der Waals surface area contributed by atoms with Crippen molar-refractivity contribution in [2.24, 2.45) is 0 Å². The topological polar surface area (TPSA) is 9.23 Å². The van der Waals surface area contributed by atoms with Crippen molar-refractivity contribution in [3.63, 3.8) is 0 Å². The molecule has 0 N–H and O–H groups in total. The Labute approximate surface area is 62.4 Å². The maximum atomic E-state index is 5.21. The van der Waals surface area contributed by atoms with Crippen LogP contribution in [0.3, 0.4) is 0 Å². The standard InChI is InChI=1S/C9H14O/c1-7-4-5-8(2)9(6-7)10-3/h9H,1-2,4-6H2,3H3. The molecule has 1 saturated carbocycles. The van der Waals surface area contributed by atoms with E-state index in [1.165, 1.54) is 11.1 Å². The molecule has 0 aromatic carbocycles. The van der Waals surface area contributed by atoms with Gasteiger partial charge in [0.15, 0.2) is 0 Å². The SMILES string of the molecule is C=C1CCC(=C)C(OC)C1. The van der Waals surface area contributed by atoms with Gasteiger partial charge in [-0.25, -0.2) is 0 Å². The fourth-order valence-electron chi connectivity index (χ4n) is 1.26. The molecule has 0 amide bonds. The smallest absolute Gasteiger partial charge is 0.0815 e. The van der Waals surface area contributed by atoms with Crippen LogP contribution < -0.4 is 0 Å². The van der Waals surface area contributed by atoms with Crippen LogP contribution in [0.2, 0.25) is 0 Å². The summed E-state index contributed by atoms with van der Waals surface area (Å²) in [6.45, 7) is 7.86. The van der Waals surface area contributed by atoms with Crippen LogP contribution in [0.25, 0.3) is 0 Å². The summed E-state index contributed by atoms with van der Waals surface area (Å²) in [4.78, 5) is 0. The second-order valence-corrected chi connectivity index (χ2v) is 2.84. The van der Waals surface area contributed by atoms with E-state index in [9.17, 15) is 0 Å². The maximum absolute atomic E-state index is 5.21. The molecule has 1 atom stereocenters. The minimum atomic E-state index is 0.237. The van der Waals surface area contributed by atoms with Crippen LogP contribution in [-0.4, -0.2) is 13.2 Å². The Morgan fingerprint density at radius 1 is 1.40 bits per heavy atom. The molecule has 0 heterocycles. The highest BCUT2D eigenvalue weighted by Gasteiger charge is 2.17. The first-order valence-electron chi connectivity index (χ1n) is 3.61. The van der Waals surface area contributed by atoms with Gasteiger partial charge in [0.1, 0.15) is 0 Å². The highest BCUT2D eigenvalue weighted by Crippen LogP contribution is 2.27. The summed E-state index contributed by atoms with van der Waals surface area (Å²) in [5.74, 6) is 0. The van der Waals surface area contributed by atoms with Gasteiger partial charge in [0, 0.05) is 7.11 Å². The molecule has 0 radical (unpaired) electrons. The molecule has 10 heavy (non-hydrogen) atoms. The third-order valence-electron chi connectivity index (χ3n) is 2.01. The van der Waals surface area contributed by atoms with Gasteiger partial charge in [-0.1, -0.05) is 18.7 Å². The Hall–Kier alpha value is -0.560. The van der Waals surface area contributed by atoms with Gasteiger partial charge < -0.3 is 4.74 Å². The molecule has 1 rings (SSSR count). The maximum Gasteiger partial charge on any atom is 0.0815 e. The zero-order chi connectivity index (χ0) is 7.56. The van der Waals surface area contributed by atoms with Crippen LogP contribution in [0.5, 0.6) is 0 Å². The first-order valence-corrected chi connectivity index (χ1v) is 3.61. The summed E-state index contributed by atoms with van der Waals surface area (Å²) in [5.41, 5.74) is 2.51. The second kappa shape index (κ2) is 3.02. The molecule has 1 aliphatic carbocycles. The lowest BCUT2D eigenvalue weighted by Gasteiger charge is -2.24. The fraction of sp³-hybridized carbons (Fsp3) is 0.556. The summed E-state index contributed by atoms with van der Waals surface area (Å²) in [5, 5.41) is 0. The van der Waals surface area contributed by atoms with Gasteiger partial charge in [0.25, 0.3) is 0 Å². The van der Waals surface area contributed by atoms with Gasteiger partial charge in [0.2, 0.25) is 0 Å². The third kappa shape index (κ3) is 1.48. The molecule has 0 bridgehead atoms. The Balaban J connectivity index is 2.53. The van der Waals surface area contributed by atoms with Crippen LogP contribution in [0, 0.1) is 0 Å². The molecule has 0 spiro atoms. The Morgan fingerprint density at radius 3 is 2.60 bits per heavy atom. The minimum absolute atomic E-state index is 0.237. The number of hydrogen-bond donors (Lipinski definition) is 0. The van der Waals surface area contributed by atoms with Gasteiger partial charge in [-0.05, 0) is 24.8 Å². The quantitative estimate of drug-likeness (QED) is 0.505. The van der Waals surface area contributed by atoms with Crippen molar-refractivity contribution in [3.05, 3.63) is 24.3 Å². The average Bonchev–Trinajstić information content (AvgIpc) is 1.94. The van der Waals surface area contributed by atoms with Crippen LogP contribution in [0.15, 0.2) is 24.3 Å². The van der Waals surface area contributed by atoms with E-state index in [0.29, 0.717) is 0 Å². The molecule has 0 saturated heterocycles. The van der Waals surface area contributed by atoms with E-state index in [0.717, 1.165) is 19.3 Å². The number of methoxy groups -OCH3 is 1. The van der Waals surface area contributed by atoms with Gasteiger partial charge in [-0.15, -0.1) is 0 Å². The number of hydrogen-bond acceptors (Lipinski definition) is 1. The van der Waals surface area contributed by atoms with E-state index in [1.54, 1.807) is 7.11 Å².